The van der Waals surface area contributed by atoms with Crippen LogP contribution in [0.15, 0.2) is 29.9 Å². The lowest BCUT2D eigenvalue weighted by Gasteiger charge is -1.88. The van der Waals surface area contributed by atoms with Crippen molar-refractivity contribution >= 4 is 16.2 Å². The molecule has 0 radical (unpaired) electrons. The highest BCUT2D eigenvalue weighted by atomic mass is 32.2. The second-order valence-electron chi connectivity index (χ2n) is 2.10. The number of pyridine rings is 1. The Hall–Kier alpha value is -1.20. The lowest BCUT2D eigenvalue weighted by Crippen LogP contribution is -1.88. The van der Waals surface area contributed by atoms with Crippen molar-refractivity contribution < 1.29 is 13.0 Å². The first-order valence-electron chi connectivity index (χ1n) is 3.13. The summed E-state index contributed by atoms with van der Waals surface area (Å²) in [7, 11) is -4.03. The first kappa shape index (κ1) is 8.89. The van der Waals surface area contributed by atoms with Crippen LogP contribution < -0.4 is 0 Å². The Labute approximate surface area is 70.3 Å². The summed E-state index contributed by atoms with van der Waals surface area (Å²) in [6.07, 6.45) is 4.33. The smallest absolute Gasteiger partial charge is 0.282 e. The summed E-state index contributed by atoms with van der Waals surface area (Å²) in [6.45, 7) is 0. The molecular formula is C7H7NO3S. The minimum Gasteiger partial charge on any atom is -0.282 e. The van der Waals surface area contributed by atoms with Gasteiger partial charge in [0, 0.05) is 12.4 Å². The molecule has 0 saturated heterocycles. The highest BCUT2D eigenvalue weighted by molar-refractivity contribution is 7.88. The van der Waals surface area contributed by atoms with E-state index >= 15 is 0 Å². The molecule has 0 aromatic carbocycles. The van der Waals surface area contributed by atoms with E-state index in [4.69, 9.17) is 4.55 Å². The van der Waals surface area contributed by atoms with E-state index in [2.05, 4.69) is 4.98 Å². The predicted molar refractivity (Wildman–Crippen MR) is 44.8 cm³/mol. The summed E-state index contributed by atoms with van der Waals surface area (Å²) in [5.41, 5.74) is 0.620. The van der Waals surface area contributed by atoms with Crippen LogP contribution in [0.4, 0.5) is 0 Å². The molecule has 0 aliphatic rings. The average molecular weight is 185 g/mol. The van der Waals surface area contributed by atoms with Gasteiger partial charge in [-0.2, -0.15) is 8.42 Å². The van der Waals surface area contributed by atoms with Crippen LogP contribution in [0.25, 0.3) is 6.08 Å². The van der Waals surface area contributed by atoms with E-state index in [9.17, 15) is 8.42 Å². The molecular weight excluding hydrogens is 178 g/mol. The van der Waals surface area contributed by atoms with Crippen LogP contribution in [0, 0.1) is 0 Å². The Morgan fingerprint density at radius 1 is 1.50 bits per heavy atom. The zero-order chi connectivity index (χ0) is 9.03. The van der Waals surface area contributed by atoms with Crippen LogP contribution >= 0.6 is 0 Å². The van der Waals surface area contributed by atoms with Crippen molar-refractivity contribution in [1.29, 1.82) is 0 Å². The zero-order valence-corrected chi connectivity index (χ0v) is 6.90. The van der Waals surface area contributed by atoms with Crippen LogP contribution in [0.5, 0.6) is 0 Å². The fourth-order valence-corrected chi connectivity index (χ4v) is 0.968. The van der Waals surface area contributed by atoms with Crippen molar-refractivity contribution in [3.8, 4) is 0 Å². The molecule has 4 nitrogen and oxygen atoms in total. The molecule has 1 rings (SSSR count). The summed E-state index contributed by atoms with van der Waals surface area (Å²) in [4.78, 5) is 3.76. The first-order valence-corrected chi connectivity index (χ1v) is 4.64. The van der Waals surface area contributed by atoms with Crippen molar-refractivity contribution in [1.82, 2.24) is 4.98 Å². The first-order chi connectivity index (χ1) is 5.58. The second kappa shape index (κ2) is 3.46. The SMILES string of the molecule is O=S(=O)(O)C=Cc1cccnc1. The molecule has 0 saturated carbocycles. The van der Waals surface area contributed by atoms with E-state index in [1.54, 1.807) is 18.3 Å². The normalized spacial score (nSPS) is 12.1. The Morgan fingerprint density at radius 2 is 2.25 bits per heavy atom. The van der Waals surface area contributed by atoms with Gasteiger partial charge >= 0.3 is 0 Å². The quantitative estimate of drug-likeness (QED) is 0.696. The second-order valence-corrected chi connectivity index (χ2v) is 3.41. The molecule has 0 unspecified atom stereocenters. The number of hydrogen-bond donors (Lipinski definition) is 1. The van der Waals surface area contributed by atoms with Crippen LogP contribution in [0.3, 0.4) is 0 Å². The van der Waals surface area contributed by atoms with Crippen molar-refractivity contribution in [2.75, 3.05) is 0 Å². The Kier molecular flexibility index (Phi) is 2.57. The molecule has 0 spiro atoms. The molecule has 0 atom stereocenters. The van der Waals surface area contributed by atoms with E-state index in [0.717, 1.165) is 0 Å². The molecule has 0 fully saturated rings. The standard InChI is InChI=1S/C7H7NO3S/c9-12(10,11)5-3-7-2-1-4-8-6-7/h1-6H,(H,9,10,11). The fraction of sp³-hybridized carbons (Fsp3) is 0. The van der Waals surface area contributed by atoms with Gasteiger partial charge in [-0.3, -0.25) is 9.54 Å². The van der Waals surface area contributed by atoms with Gasteiger partial charge in [-0.25, -0.2) is 0 Å². The minimum atomic E-state index is -4.03. The Bertz CT molecular complexity index is 369. The van der Waals surface area contributed by atoms with Crippen molar-refractivity contribution in [3.05, 3.63) is 35.5 Å². The van der Waals surface area contributed by atoms with Gasteiger partial charge in [0.25, 0.3) is 10.1 Å². The predicted octanol–water partition coefficient (Wildman–Crippen LogP) is 0.940. The zero-order valence-electron chi connectivity index (χ0n) is 6.08. The van der Waals surface area contributed by atoms with E-state index in [0.29, 0.717) is 11.0 Å². The van der Waals surface area contributed by atoms with Crippen LogP contribution in [-0.4, -0.2) is 18.0 Å². The van der Waals surface area contributed by atoms with Gasteiger partial charge in [0.2, 0.25) is 0 Å². The van der Waals surface area contributed by atoms with Crippen molar-refractivity contribution in [2.45, 2.75) is 0 Å². The Balaban J connectivity index is 2.85. The third-order valence-electron chi connectivity index (χ3n) is 1.12. The lowest BCUT2D eigenvalue weighted by molar-refractivity contribution is 0.494. The number of aromatic nitrogens is 1. The Morgan fingerprint density at radius 3 is 2.75 bits per heavy atom. The van der Waals surface area contributed by atoms with Gasteiger partial charge in [-0.15, -0.1) is 0 Å². The van der Waals surface area contributed by atoms with Gasteiger partial charge in [0.05, 0.1) is 5.41 Å². The van der Waals surface area contributed by atoms with Gasteiger partial charge in [-0.1, -0.05) is 6.07 Å². The average Bonchev–Trinajstić information content (AvgIpc) is 2.02. The van der Waals surface area contributed by atoms with E-state index in [1.165, 1.54) is 12.3 Å². The molecule has 1 N–H and O–H groups in total. The molecule has 5 heteroatoms. The molecule has 0 aliphatic heterocycles. The molecule has 0 amide bonds. The summed E-state index contributed by atoms with van der Waals surface area (Å²) < 4.78 is 28.8. The van der Waals surface area contributed by atoms with Crippen molar-refractivity contribution in [2.24, 2.45) is 0 Å². The largest absolute Gasteiger partial charge is 0.287 e. The number of nitrogens with zero attached hydrogens (tertiary/aromatic N) is 1. The molecule has 64 valence electrons. The van der Waals surface area contributed by atoms with Gasteiger partial charge < -0.3 is 0 Å². The molecule has 1 heterocycles. The summed E-state index contributed by atoms with van der Waals surface area (Å²) in [5, 5.41) is 0.712. The maximum atomic E-state index is 10.3. The fourth-order valence-electron chi connectivity index (χ4n) is 0.639. The van der Waals surface area contributed by atoms with Gasteiger partial charge in [-0.05, 0) is 17.7 Å². The number of rotatable bonds is 2. The van der Waals surface area contributed by atoms with E-state index in [-0.39, 0.29) is 0 Å². The number of hydrogen-bond acceptors (Lipinski definition) is 3. The molecule has 0 bridgehead atoms. The van der Waals surface area contributed by atoms with Crippen molar-refractivity contribution in [3.63, 3.8) is 0 Å². The maximum absolute atomic E-state index is 10.3. The molecule has 1 aromatic heterocycles. The third kappa shape index (κ3) is 3.27. The summed E-state index contributed by atoms with van der Waals surface area (Å²) >= 11 is 0. The third-order valence-corrected chi connectivity index (χ3v) is 1.60. The van der Waals surface area contributed by atoms with Gasteiger partial charge in [0.1, 0.15) is 0 Å². The monoisotopic (exact) mass is 185 g/mol. The van der Waals surface area contributed by atoms with Crippen LogP contribution in [0.1, 0.15) is 5.56 Å². The van der Waals surface area contributed by atoms with E-state index < -0.39 is 10.1 Å². The molecule has 0 aliphatic carbocycles. The maximum Gasteiger partial charge on any atom is 0.287 e. The van der Waals surface area contributed by atoms with Gasteiger partial charge in [0.15, 0.2) is 0 Å². The molecule has 12 heavy (non-hydrogen) atoms. The molecule has 1 aromatic rings. The van der Waals surface area contributed by atoms with Crippen LogP contribution in [-0.2, 0) is 10.1 Å². The topological polar surface area (TPSA) is 67.3 Å². The minimum absolute atomic E-state index is 0.620. The lowest BCUT2D eigenvalue weighted by atomic mass is 10.3. The summed E-state index contributed by atoms with van der Waals surface area (Å²) in [6, 6.07) is 3.35. The summed E-state index contributed by atoms with van der Waals surface area (Å²) in [5.74, 6) is 0. The highest BCUT2D eigenvalue weighted by Gasteiger charge is 1.94. The van der Waals surface area contributed by atoms with E-state index in [1.807, 2.05) is 0 Å². The van der Waals surface area contributed by atoms with Crippen LogP contribution in [0.2, 0.25) is 0 Å². The highest BCUT2D eigenvalue weighted by Crippen LogP contribution is 1.99.